The molecule has 0 aliphatic rings. The number of hydrogen-bond acceptors (Lipinski definition) is 7. The highest BCUT2D eigenvalue weighted by molar-refractivity contribution is 5.95. The summed E-state index contributed by atoms with van der Waals surface area (Å²) in [5.74, 6) is 2.01. The first kappa shape index (κ1) is 30.2. The molecule has 0 bridgehead atoms. The van der Waals surface area contributed by atoms with Crippen molar-refractivity contribution in [3.05, 3.63) is 108 Å². The molecule has 1 aromatic heterocycles. The molecule has 8 nitrogen and oxygen atoms in total. The molecule has 0 saturated carbocycles. The molecule has 44 heavy (non-hydrogen) atoms. The fraction of sp³-hybridized carbons (Fsp3) is 0.222. The Hall–Kier alpha value is -5.24. The number of carbonyl (C=O) groups is 2. The van der Waals surface area contributed by atoms with Gasteiger partial charge in [0.2, 0.25) is 5.82 Å². The number of rotatable bonds is 10. The van der Waals surface area contributed by atoms with Gasteiger partial charge in [-0.1, -0.05) is 74.5 Å². The molecule has 1 unspecified atom stereocenters. The van der Waals surface area contributed by atoms with E-state index in [9.17, 15) is 9.59 Å². The molecule has 1 atom stereocenters. The molecule has 0 spiro atoms. The van der Waals surface area contributed by atoms with Crippen molar-refractivity contribution in [3.8, 4) is 45.5 Å². The summed E-state index contributed by atoms with van der Waals surface area (Å²) in [7, 11) is 3.25. The van der Waals surface area contributed by atoms with Crippen LogP contribution in [0.4, 0.5) is 0 Å². The molecule has 0 saturated heterocycles. The van der Waals surface area contributed by atoms with Crippen LogP contribution >= 0.6 is 0 Å². The van der Waals surface area contributed by atoms with E-state index in [2.05, 4.69) is 36.2 Å². The fourth-order valence-electron chi connectivity index (χ4n) is 4.84. The molecule has 1 heterocycles. The minimum absolute atomic E-state index is 0.00532. The van der Waals surface area contributed by atoms with Gasteiger partial charge in [0.05, 0.1) is 20.3 Å². The summed E-state index contributed by atoms with van der Waals surface area (Å²) in [4.78, 5) is 29.1. The zero-order valence-corrected chi connectivity index (χ0v) is 25.5. The van der Waals surface area contributed by atoms with Gasteiger partial charge in [0.1, 0.15) is 17.8 Å². The SMILES string of the molecule is COc1ccc(-c2ccc(-c3nc(-c4ccc(CC(C=O)NC(=O)c5ccc(C(C)(C)C)cc5)cc4)no3)cc2)c(OC)c1. The number of aromatic nitrogens is 2. The van der Waals surface area contributed by atoms with Crippen molar-refractivity contribution in [1.82, 2.24) is 15.5 Å². The Morgan fingerprint density at radius 3 is 2.14 bits per heavy atom. The summed E-state index contributed by atoms with van der Waals surface area (Å²) in [6.45, 7) is 6.36. The Morgan fingerprint density at radius 1 is 0.864 bits per heavy atom. The van der Waals surface area contributed by atoms with Gasteiger partial charge in [-0.15, -0.1) is 0 Å². The molecule has 0 aliphatic heterocycles. The highest BCUT2D eigenvalue weighted by Gasteiger charge is 2.18. The summed E-state index contributed by atoms with van der Waals surface area (Å²) in [6, 6.07) is 27.8. The van der Waals surface area contributed by atoms with E-state index in [-0.39, 0.29) is 11.3 Å². The van der Waals surface area contributed by atoms with Crippen LogP contribution in [0.15, 0.2) is 95.5 Å². The van der Waals surface area contributed by atoms with Crippen LogP contribution in [0.25, 0.3) is 34.0 Å². The normalized spacial score (nSPS) is 11.9. The van der Waals surface area contributed by atoms with Gasteiger partial charge in [-0.05, 0) is 64.9 Å². The van der Waals surface area contributed by atoms with E-state index < -0.39 is 6.04 Å². The summed E-state index contributed by atoms with van der Waals surface area (Å²) in [5, 5.41) is 6.98. The van der Waals surface area contributed by atoms with Crippen molar-refractivity contribution >= 4 is 12.2 Å². The van der Waals surface area contributed by atoms with Gasteiger partial charge in [-0.3, -0.25) is 4.79 Å². The fourth-order valence-corrected chi connectivity index (χ4v) is 4.84. The topological polar surface area (TPSA) is 104 Å². The van der Waals surface area contributed by atoms with Gasteiger partial charge < -0.3 is 24.1 Å². The van der Waals surface area contributed by atoms with Crippen LogP contribution < -0.4 is 14.8 Å². The second-order valence-electron chi connectivity index (χ2n) is 11.5. The molecule has 0 radical (unpaired) electrons. The van der Waals surface area contributed by atoms with Crippen LogP contribution in [-0.4, -0.2) is 42.6 Å². The molecular weight excluding hydrogens is 554 g/mol. The van der Waals surface area contributed by atoms with Crippen LogP contribution in [0.1, 0.15) is 42.3 Å². The van der Waals surface area contributed by atoms with E-state index in [1.807, 2.05) is 78.9 Å². The van der Waals surface area contributed by atoms with E-state index in [0.717, 1.165) is 45.4 Å². The number of aldehydes is 1. The standard InChI is InChI=1S/C36H35N3O5/c1-36(2,3)28-16-14-26(15-17-28)34(41)37-29(22-40)20-23-6-8-25(9-7-23)33-38-35(44-39-33)27-12-10-24(11-13-27)31-19-18-30(42-4)21-32(31)43-5/h6-19,21-22,29H,20H2,1-5H3,(H,37,41). The number of ether oxygens (including phenoxy) is 2. The molecule has 224 valence electrons. The molecule has 1 amide bonds. The third-order valence-corrected chi connectivity index (χ3v) is 7.44. The molecule has 5 aromatic rings. The Balaban J connectivity index is 1.23. The lowest BCUT2D eigenvalue weighted by molar-refractivity contribution is -0.109. The van der Waals surface area contributed by atoms with Crippen LogP contribution in [0.3, 0.4) is 0 Å². The summed E-state index contributed by atoms with van der Waals surface area (Å²) >= 11 is 0. The van der Waals surface area contributed by atoms with E-state index in [1.165, 1.54) is 0 Å². The quantitative estimate of drug-likeness (QED) is 0.176. The molecule has 5 rings (SSSR count). The van der Waals surface area contributed by atoms with Gasteiger partial charge in [-0.2, -0.15) is 4.98 Å². The first-order valence-corrected chi connectivity index (χ1v) is 14.3. The minimum Gasteiger partial charge on any atom is -0.497 e. The number of nitrogens with zero attached hydrogens (tertiary/aromatic N) is 2. The molecule has 8 heteroatoms. The Morgan fingerprint density at radius 2 is 1.52 bits per heavy atom. The Bertz CT molecular complexity index is 1740. The van der Waals surface area contributed by atoms with Crippen molar-refractivity contribution in [1.29, 1.82) is 0 Å². The van der Waals surface area contributed by atoms with Crippen molar-refractivity contribution in [3.63, 3.8) is 0 Å². The second-order valence-corrected chi connectivity index (χ2v) is 11.5. The predicted molar refractivity (Wildman–Crippen MR) is 170 cm³/mol. The van der Waals surface area contributed by atoms with Crippen molar-refractivity contribution in [2.45, 2.75) is 38.6 Å². The Labute approximate surface area is 257 Å². The highest BCUT2D eigenvalue weighted by Crippen LogP contribution is 2.34. The lowest BCUT2D eigenvalue weighted by Crippen LogP contribution is -2.37. The summed E-state index contributed by atoms with van der Waals surface area (Å²) in [6.07, 6.45) is 1.12. The summed E-state index contributed by atoms with van der Waals surface area (Å²) in [5.41, 5.74) is 6.02. The average Bonchev–Trinajstić information content (AvgIpc) is 3.54. The van der Waals surface area contributed by atoms with Crippen LogP contribution in [0.2, 0.25) is 0 Å². The maximum atomic E-state index is 12.8. The third kappa shape index (κ3) is 6.86. The lowest BCUT2D eigenvalue weighted by atomic mass is 9.86. The zero-order valence-electron chi connectivity index (χ0n) is 25.5. The molecular formula is C36H35N3O5. The Kier molecular flexibility index (Phi) is 8.90. The number of carbonyl (C=O) groups excluding carboxylic acids is 2. The minimum atomic E-state index is -0.659. The second kappa shape index (κ2) is 13.0. The van der Waals surface area contributed by atoms with E-state index in [1.54, 1.807) is 26.4 Å². The third-order valence-electron chi connectivity index (χ3n) is 7.44. The van der Waals surface area contributed by atoms with E-state index >= 15 is 0 Å². The van der Waals surface area contributed by atoms with Crippen molar-refractivity contribution in [2.24, 2.45) is 0 Å². The number of hydrogen-bond donors (Lipinski definition) is 1. The zero-order chi connectivity index (χ0) is 31.3. The van der Waals surface area contributed by atoms with Crippen LogP contribution in [-0.2, 0) is 16.6 Å². The largest absolute Gasteiger partial charge is 0.497 e. The van der Waals surface area contributed by atoms with Crippen molar-refractivity contribution in [2.75, 3.05) is 14.2 Å². The van der Waals surface area contributed by atoms with Gasteiger partial charge in [-0.25, -0.2) is 0 Å². The molecule has 4 aromatic carbocycles. The number of amides is 1. The average molecular weight is 590 g/mol. The van der Waals surface area contributed by atoms with E-state index in [4.69, 9.17) is 14.0 Å². The maximum Gasteiger partial charge on any atom is 0.258 e. The number of nitrogens with one attached hydrogen (secondary N) is 1. The van der Waals surface area contributed by atoms with Gasteiger partial charge >= 0.3 is 0 Å². The van der Waals surface area contributed by atoms with Gasteiger partial charge in [0.15, 0.2) is 0 Å². The predicted octanol–water partition coefficient (Wildman–Crippen LogP) is 6.93. The number of methoxy groups -OCH3 is 2. The van der Waals surface area contributed by atoms with Gasteiger partial charge in [0.25, 0.3) is 11.8 Å². The van der Waals surface area contributed by atoms with Crippen LogP contribution in [0.5, 0.6) is 11.5 Å². The first-order valence-electron chi connectivity index (χ1n) is 14.3. The van der Waals surface area contributed by atoms with Crippen molar-refractivity contribution < 1.29 is 23.6 Å². The highest BCUT2D eigenvalue weighted by atomic mass is 16.5. The van der Waals surface area contributed by atoms with Crippen LogP contribution in [0, 0.1) is 0 Å². The monoisotopic (exact) mass is 589 g/mol. The lowest BCUT2D eigenvalue weighted by Gasteiger charge is -2.19. The van der Waals surface area contributed by atoms with Gasteiger partial charge in [0, 0.05) is 28.3 Å². The molecule has 1 N–H and O–H groups in total. The number of benzene rings is 4. The molecule has 0 fully saturated rings. The maximum absolute atomic E-state index is 12.8. The summed E-state index contributed by atoms with van der Waals surface area (Å²) < 4.78 is 16.4. The van der Waals surface area contributed by atoms with E-state index in [0.29, 0.717) is 29.4 Å². The smallest absolute Gasteiger partial charge is 0.258 e. The molecule has 0 aliphatic carbocycles. The first-order chi connectivity index (χ1) is 21.2.